The molecule has 0 saturated heterocycles. The van der Waals surface area contributed by atoms with Crippen LogP contribution in [0.4, 0.5) is 0 Å². The van der Waals surface area contributed by atoms with Gasteiger partial charge in [0.25, 0.3) is 5.56 Å². The van der Waals surface area contributed by atoms with Crippen molar-refractivity contribution in [1.29, 1.82) is 5.26 Å². The molecule has 0 aliphatic heterocycles. The van der Waals surface area contributed by atoms with E-state index in [4.69, 9.17) is 5.26 Å². The molecular formula is C23H17N5O2S. The summed E-state index contributed by atoms with van der Waals surface area (Å²) in [5.41, 5.74) is 2.17. The van der Waals surface area contributed by atoms with E-state index in [1.807, 2.05) is 24.3 Å². The van der Waals surface area contributed by atoms with Gasteiger partial charge >= 0.3 is 0 Å². The van der Waals surface area contributed by atoms with Crippen molar-refractivity contribution in [3.63, 3.8) is 0 Å². The third-order valence-corrected chi connectivity index (χ3v) is 5.46. The summed E-state index contributed by atoms with van der Waals surface area (Å²) in [5.74, 6) is -0.0992. The molecule has 0 unspecified atom stereocenters. The fourth-order valence-corrected chi connectivity index (χ4v) is 3.84. The SMILES string of the molecule is N#Cc1ccc(-n2c(SCC(=O)NCc3ccccn3)nc3ccccc3c2=O)cc1. The Hall–Kier alpha value is -3.96. The zero-order valence-corrected chi connectivity index (χ0v) is 17.2. The maximum atomic E-state index is 13.2. The number of fused-ring (bicyclic) bond motifs is 1. The molecule has 2 aromatic carbocycles. The highest BCUT2D eigenvalue weighted by molar-refractivity contribution is 7.99. The van der Waals surface area contributed by atoms with E-state index in [0.717, 1.165) is 5.69 Å². The van der Waals surface area contributed by atoms with Crippen LogP contribution in [0.25, 0.3) is 16.6 Å². The fourth-order valence-electron chi connectivity index (χ4n) is 2.99. The number of pyridine rings is 1. The molecule has 0 fully saturated rings. The molecule has 0 saturated carbocycles. The monoisotopic (exact) mass is 427 g/mol. The minimum atomic E-state index is -0.230. The summed E-state index contributed by atoms with van der Waals surface area (Å²) in [5, 5.41) is 12.8. The molecule has 1 amide bonds. The number of aromatic nitrogens is 3. The summed E-state index contributed by atoms with van der Waals surface area (Å²) in [6.07, 6.45) is 1.67. The maximum Gasteiger partial charge on any atom is 0.266 e. The molecule has 4 rings (SSSR count). The number of amides is 1. The number of benzene rings is 2. The summed E-state index contributed by atoms with van der Waals surface area (Å²) in [6, 6.07) is 21.3. The van der Waals surface area contributed by atoms with Crippen LogP contribution in [0.1, 0.15) is 11.3 Å². The average Bonchev–Trinajstić information content (AvgIpc) is 2.82. The lowest BCUT2D eigenvalue weighted by molar-refractivity contribution is -0.118. The van der Waals surface area contributed by atoms with Crippen molar-refractivity contribution in [3.8, 4) is 11.8 Å². The Labute approximate surface area is 182 Å². The number of para-hydroxylation sites is 1. The van der Waals surface area contributed by atoms with E-state index in [1.165, 1.54) is 16.3 Å². The molecule has 2 aromatic heterocycles. The first-order valence-electron chi connectivity index (χ1n) is 9.47. The van der Waals surface area contributed by atoms with Crippen LogP contribution in [-0.2, 0) is 11.3 Å². The van der Waals surface area contributed by atoms with E-state index < -0.39 is 0 Å². The predicted octanol–water partition coefficient (Wildman–Crippen LogP) is 3.06. The van der Waals surface area contributed by atoms with Crippen LogP contribution in [0.2, 0.25) is 0 Å². The van der Waals surface area contributed by atoms with Crippen molar-refractivity contribution in [2.75, 3.05) is 5.75 Å². The lowest BCUT2D eigenvalue weighted by Gasteiger charge is -2.13. The van der Waals surface area contributed by atoms with Gasteiger partial charge in [0.15, 0.2) is 5.16 Å². The second-order valence-corrected chi connectivity index (χ2v) is 7.54. The Balaban J connectivity index is 1.62. The first-order chi connectivity index (χ1) is 15.2. The lowest BCUT2D eigenvalue weighted by Crippen LogP contribution is -2.26. The summed E-state index contributed by atoms with van der Waals surface area (Å²) in [7, 11) is 0. The van der Waals surface area contributed by atoms with Gasteiger partial charge in [0.2, 0.25) is 5.91 Å². The van der Waals surface area contributed by atoms with Crippen molar-refractivity contribution in [1.82, 2.24) is 19.9 Å². The van der Waals surface area contributed by atoms with E-state index >= 15 is 0 Å². The normalized spacial score (nSPS) is 10.5. The number of nitriles is 1. The number of rotatable bonds is 6. The summed E-state index contributed by atoms with van der Waals surface area (Å²) >= 11 is 1.18. The molecule has 0 radical (unpaired) electrons. The number of hydrogen-bond acceptors (Lipinski definition) is 6. The average molecular weight is 427 g/mol. The Bertz CT molecular complexity index is 1330. The molecule has 152 valence electrons. The van der Waals surface area contributed by atoms with Gasteiger partial charge in [-0.1, -0.05) is 30.0 Å². The van der Waals surface area contributed by atoms with Crippen molar-refractivity contribution in [2.45, 2.75) is 11.7 Å². The quantitative estimate of drug-likeness (QED) is 0.375. The van der Waals surface area contributed by atoms with E-state index in [9.17, 15) is 9.59 Å². The van der Waals surface area contributed by atoms with Crippen LogP contribution >= 0.6 is 11.8 Å². The second-order valence-electron chi connectivity index (χ2n) is 6.60. The first kappa shape index (κ1) is 20.3. The van der Waals surface area contributed by atoms with Gasteiger partial charge in [0.1, 0.15) is 0 Å². The van der Waals surface area contributed by atoms with Gasteiger partial charge in [-0.2, -0.15) is 5.26 Å². The standard InChI is InChI=1S/C23H17N5O2S/c24-13-16-8-10-18(11-9-16)28-22(30)19-6-1-2-7-20(19)27-23(28)31-15-21(29)26-14-17-5-3-4-12-25-17/h1-12H,14-15H2,(H,26,29). The zero-order chi connectivity index (χ0) is 21.6. The number of carbonyl (C=O) groups excluding carboxylic acids is 1. The van der Waals surface area contributed by atoms with Crippen molar-refractivity contribution >= 4 is 28.6 Å². The van der Waals surface area contributed by atoms with Gasteiger partial charge in [-0.05, 0) is 48.5 Å². The predicted molar refractivity (Wildman–Crippen MR) is 119 cm³/mol. The van der Waals surface area contributed by atoms with Gasteiger partial charge in [0, 0.05) is 6.20 Å². The minimum Gasteiger partial charge on any atom is -0.350 e. The Morgan fingerprint density at radius 3 is 2.58 bits per heavy atom. The van der Waals surface area contributed by atoms with Crippen LogP contribution in [0.5, 0.6) is 0 Å². The topological polar surface area (TPSA) is 101 Å². The van der Waals surface area contributed by atoms with Gasteiger partial charge < -0.3 is 5.32 Å². The molecule has 0 bridgehead atoms. The summed E-state index contributed by atoms with van der Waals surface area (Å²) in [4.78, 5) is 34.3. The van der Waals surface area contributed by atoms with Crippen LogP contribution in [-0.4, -0.2) is 26.2 Å². The van der Waals surface area contributed by atoms with E-state index in [-0.39, 0.29) is 17.2 Å². The van der Waals surface area contributed by atoms with Gasteiger partial charge in [-0.25, -0.2) is 4.98 Å². The Morgan fingerprint density at radius 1 is 1.06 bits per heavy atom. The number of nitrogens with zero attached hydrogens (tertiary/aromatic N) is 4. The number of carbonyl (C=O) groups is 1. The van der Waals surface area contributed by atoms with Crippen LogP contribution in [0.3, 0.4) is 0 Å². The summed E-state index contributed by atoms with van der Waals surface area (Å²) in [6.45, 7) is 0.327. The second kappa shape index (κ2) is 9.24. The van der Waals surface area contributed by atoms with Gasteiger partial charge in [-0.3, -0.25) is 19.1 Å². The molecule has 31 heavy (non-hydrogen) atoms. The van der Waals surface area contributed by atoms with Crippen LogP contribution in [0, 0.1) is 11.3 Å². The molecule has 7 nitrogen and oxygen atoms in total. The highest BCUT2D eigenvalue weighted by Gasteiger charge is 2.15. The largest absolute Gasteiger partial charge is 0.350 e. The highest BCUT2D eigenvalue weighted by Crippen LogP contribution is 2.21. The zero-order valence-electron chi connectivity index (χ0n) is 16.4. The number of hydrogen-bond donors (Lipinski definition) is 1. The Kier molecular flexibility index (Phi) is 6.05. The molecule has 2 heterocycles. The molecule has 4 aromatic rings. The Morgan fingerprint density at radius 2 is 1.84 bits per heavy atom. The van der Waals surface area contributed by atoms with E-state index in [2.05, 4.69) is 21.4 Å². The van der Waals surface area contributed by atoms with Crippen LogP contribution < -0.4 is 10.9 Å². The smallest absolute Gasteiger partial charge is 0.266 e. The van der Waals surface area contributed by atoms with Gasteiger partial charge in [-0.15, -0.1) is 0 Å². The molecular weight excluding hydrogens is 410 g/mol. The number of thioether (sulfide) groups is 1. The molecule has 0 atom stereocenters. The number of nitrogens with one attached hydrogen (secondary N) is 1. The summed E-state index contributed by atoms with van der Waals surface area (Å²) < 4.78 is 1.47. The van der Waals surface area contributed by atoms with Crippen molar-refractivity contribution < 1.29 is 4.79 Å². The molecule has 0 aliphatic rings. The first-order valence-corrected chi connectivity index (χ1v) is 10.5. The highest BCUT2D eigenvalue weighted by atomic mass is 32.2. The van der Waals surface area contributed by atoms with Gasteiger partial charge in [0.05, 0.1) is 46.2 Å². The maximum absolute atomic E-state index is 13.2. The molecule has 0 spiro atoms. The fraction of sp³-hybridized carbons (Fsp3) is 0.0870. The van der Waals surface area contributed by atoms with Crippen LogP contribution in [0.15, 0.2) is 82.9 Å². The minimum absolute atomic E-state index is 0.0912. The lowest BCUT2D eigenvalue weighted by atomic mass is 10.2. The third-order valence-electron chi connectivity index (χ3n) is 4.52. The molecule has 0 aliphatic carbocycles. The van der Waals surface area contributed by atoms with Crippen molar-refractivity contribution in [2.24, 2.45) is 0 Å². The van der Waals surface area contributed by atoms with Crippen molar-refractivity contribution in [3.05, 3.63) is 94.5 Å². The third kappa shape index (κ3) is 4.63. The van der Waals surface area contributed by atoms with E-state index in [1.54, 1.807) is 48.7 Å². The van der Waals surface area contributed by atoms with E-state index in [0.29, 0.717) is 33.9 Å². The molecule has 8 heteroatoms. The molecule has 1 N–H and O–H groups in total.